The first-order chi connectivity index (χ1) is 7.80. The minimum atomic E-state index is 0.724. The fraction of sp³-hybridized carbons (Fsp3) is 0.769. The van der Waals surface area contributed by atoms with Crippen LogP contribution in [0.3, 0.4) is 0 Å². The van der Waals surface area contributed by atoms with Gasteiger partial charge in [0.2, 0.25) is 0 Å². The summed E-state index contributed by atoms with van der Waals surface area (Å²) in [6.07, 6.45) is 10.8. The Labute approximate surface area is 97.3 Å². The van der Waals surface area contributed by atoms with Crippen LogP contribution in [0.2, 0.25) is 0 Å². The fourth-order valence-corrected chi connectivity index (χ4v) is 2.76. The first kappa shape index (κ1) is 10.3. The third kappa shape index (κ3) is 2.01. The summed E-state index contributed by atoms with van der Waals surface area (Å²) in [7, 11) is 2.06. The van der Waals surface area contributed by atoms with Crippen molar-refractivity contribution in [2.75, 3.05) is 13.1 Å². The van der Waals surface area contributed by atoms with E-state index >= 15 is 0 Å². The summed E-state index contributed by atoms with van der Waals surface area (Å²) < 4.78 is 2.11. The Balaban J connectivity index is 1.39. The predicted molar refractivity (Wildman–Crippen MR) is 64.2 cm³/mol. The lowest BCUT2D eigenvalue weighted by atomic mass is 10.0. The van der Waals surface area contributed by atoms with E-state index in [1.54, 1.807) is 0 Å². The van der Waals surface area contributed by atoms with Gasteiger partial charge in [0.25, 0.3) is 0 Å². The van der Waals surface area contributed by atoms with Gasteiger partial charge in [0.05, 0.1) is 0 Å². The molecule has 0 saturated heterocycles. The Bertz CT molecular complexity index is 361. The van der Waals surface area contributed by atoms with Crippen molar-refractivity contribution in [2.24, 2.45) is 18.4 Å². The van der Waals surface area contributed by atoms with Crippen molar-refractivity contribution in [1.29, 1.82) is 0 Å². The normalized spacial score (nSPS) is 22.3. The van der Waals surface area contributed by atoms with Gasteiger partial charge in [0.1, 0.15) is 5.82 Å². The number of imidazole rings is 1. The van der Waals surface area contributed by atoms with Crippen LogP contribution in [-0.2, 0) is 13.5 Å². The van der Waals surface area contributed by atoms with Crippen LogP contribution in [0.5, 0.6) is 0 Å². The first-order valence-corrected chi connectivity index (χ1v) is 6.47. The first-order valence-electron chi connectivity index (χ1n) is 6.47. The SMILES string of the molecule is Cn1ccnc1CCNCC1(C2CC2)CC1. The molecule has 1 N–H and O–H groups in total. The van der Waals surface area contributed by atoms with E-state index in [1.165, 1.54) is 38.1 Å². The van der Waals surface area contributed by atoms with Crippen molar-refractivity contribution in [3.05, 3.63) is 18.2 Å². The third-order valence-corrected chi connectivity index (χ3v) is 4.26. The van der Waals surface area contributed by atoms with Crippen molar-refractivity contribution in [1.82, 2.24) is 14.9 Å². The highest BCUT2D eigenvalue weighted by Crippen LogP contribution is 2.60. The molecule has 1 aromatic heterocycles. The zero-order valence-corrected chi connectivity index (χ0v) is 10.1. The van der Waals surface area contributed by atoms with Crippen LogP contribution >= 0.6 is 0 Å². The fourth-order valence-electron chi connectivity index (χ4n) is 2.76. The van der Waals surface area contributed by atoms with E-state index in [0.29, 0.717) is 0 Å². The summed E-state index contributed by atoms with van der Waals surface area (Å²) in [6, 6.07) is 0. The molecule has 2 fully saturated rings. The van der Waals surface area contributed by atoms with Crippen LogP contribution in [0, 0.1) is 11.3 Å². The maximum absolute atomic E-state index is 4.34. The summed E-state index contributed by atoms with van der Waals surface area (Å²) in [5.41, 5.74) is 0.724. The molecule has 0 aliphatic heterocycles. The van der Waals surface area contributed by atoms with Gasteiger partial charge in [-0.15, -0.1) is 0 Å². The zero-order chi connectivity index (χ0) is 11.0. The number of aromatic nitrogens is 2. The number of aryl methyl sites for hydroxylation is 1. The predicted octanol–water partition coefficient (Wildman–Crippen LogP) is 1.74. The van der Waals surface area contributed by atoms with Gasteiger partial charge in [0.15, 0.2) is 0 Å². The van der Waals surface area contributed by atoms with Crippen LogP contribution in [0.25, 0.3) is 0 Å². The number of nitrogens with one attached hydrogen (secondary N) is 1. The van der Waals surface area contributed by atoms with E-state index in [0.717, 1.165) is 24.3 Å². The van der Waals surface area contributed by atoms with Crippen molar-refractivity contribution >= 4 is 0 Å². The van der Waals surface area contributed by atoms with E-state index in [2.05, 4.69) is 21.9 Å². The molecule has 3 nitrogen and oxygen atoms in total. The Morgan fingerprint density at radius 3 is 2.88 bits per heavy atom. The van der Waals surface area contributed by atoms with E-state index in [4.69, 9.17) is 0 Å². The van der Waals surface area contributed by atoms with Crippen LogP contribution in [0.1, 0.15) is 31.5 Å². The molecule has 1 aromatic rings. The number of hydrogen-bond acceptors (Lipinski definition) is 2. The van der Waals surface area contributed by atoms with Gasteiger partial charge >= 0.3 is 0 Å². The average molecular weight is 219 g/mol. The van der Waals surface area contributed by atoms with Crippen LogP contribution < -0.4 is 5.32 Å². The molecule has 0 radical (unpaired) electrons. The molecule has 0 atom stereocenters. The van der Waals surface area contributed by atoms with Crippen molar-refractivity contribution in [3.8, 4) is 0 Å². The molecule has 1 heterocycles. The van der Waals surface area contributed by atoms with Gasteiger partial charge in [-0.1, -0.05) is 0 Å². The lowest BCUT2D eigenvalue weighted by Crippen LogP contribution is -2.27. The molecule has 2 saturated carbocycles. The molecule has 0 spiro atoms. The number of rotatable bonds is 6. The molecule has 0 aromatic carbocycles. The Morgan fingerprint density at radius 2 is 2.31 bits per heavy atom. The Kier molecular flexibility index (Phi) is 2.51. The molecule has 16 heavy (non-hydrogen) atoms. The number of nitrogens with zero attached hydrogens (tertiary/aromatic N) is 2. The quantitative estimate of drug-likeness (QED) is 0.739. The second kappa shape index (κ2) is 3.88. The second-order valence-electron chi connectivity index (χ2n) is 5.52. The summed E-state index contributed by atoms with van der Waals surface area (Å²) >= 11 is 0. The Morgan fingerprint density at radius 1 is 1.50 bits per heavy atom. The summed E-state index contributed by atoms with van der Waals surface area (Å²) in [4.78, 5) is 4.34. The van der Waals surface area contributed by atoms with Gasteiger partial charge in [-0.05, 0) is 37.0 Å². The molecular weight excluding hydrogens is 198 g/mol. The minimum Gasteiger partial charge on any atom is -0.338 e. The molecular formula is C13H21N3. The largest absolute Gasteiger partial charge is 0.338 e. The third-order valence-electron chi connectivity index (χ3n) is 4.26. The van der Waals surface area contributed by atoms with Gasteiger partial charge in [-0.3, -0.25) is 0 Å². The highest BCUT2D eigenvalue weighted by atomic mass is 15.0. The second-order valence-corrected chi connectivity index (χ2v) is 5.52. The molecule has 3 rings (SSSR count). The summed E-state index contributed by atoms with van der Waals surface area (Å²) in [5, 5.41) is 3.62. The van der Waals surface area contributed by atoms with E-state index in [-0.39, 0.29) is 0 Å². The van der Waals surface area contributed by atoms with E-state index in [1.807, 2.05) is 12.4 Å². The van der Waals surface area contributed by atoms with Crippen LogP contribution in [0.15, 0.2) is 12.4 Å². The van der Waals surface area contributed by atoms with Gasteiger partial charge in [0, 0.05) is 39.0 Å². The standard InChI is InChI=1S/C13H21N3/c1-16-9-8-15-12(16)4-7-14-10-13(5-6-13)11-2-3-11/h8-9,11,14H,2-7,10H2,1H3. The van der Waals surface area contributed by atoms with Gasteiger partial charge in [-0.25, -0.2) is 4.98 Å². The summed E-state index contributed by atoms with van der Waals surface area (Å²) in [6.45, 7) is 2.31. The molecule has 88 valence electrons. The van der Waals surface area contributed by atoms with E-state index < -0.39 is 0 Å². The molecule has 0 unspecified atom stereocenters. The number of hydrogen-bond donors (Lipinski definition) is 1. The van der Waals surface area contributed by atoms with Crippen LogP contribution in [0.4, 0.5) is 0 Å². The topological polar surface area (TPSA) is 29.9 Å². The summed E-state index contributed by atoms with van der Waals surface area (Å²) in [5.74, 6) is 2.25. The lowest BCUT2D eigenvalue weighted by Gasteiger charge is -2.14. The molecule has 3 heteroatoms. The smallest absolute Gasteiger partial charge is 0.109 e. The zero-order valence-electron chi connectivity index (χ0n) is 10.1. The molecule has 2 aliphatic rings. The van der Waals surface area contributed by atoms with Gasteiger partial charge in [-0.2, -0.15) is 0 Å². The average Bonchev–Trinajstić information content (AvgIpc) is 3.14. The molecule has 0 amide bonds. The lowest BCUT2D eigenvalue weighted by molar-refractivity contribution is 0.404. The van der Waals surface area contributed by atoms with Crippen molar-refractivity contribution < 1.29 is 0 Å². The van der Waals surface area contributed by atoms with Crippen molar-refractivity contribution in [2.45, 2.75) is 32.1 Å². The van der Waals surface area contributed by atoms with Crippen molar-refractivity contribution in [3.63, 3.8) is 0 Å². The Hall–Kier alpha value is -0.830. The highest BCUT2D eigenvalue weighted by Gasteiger charge is 2.52. The minimum absolute atomic E-state index is 0.724. The monoisotopic (exact) mass is 219 g/mol. The van der Waals surface area contributed by atoms with E-state index in [9.17, 15) is 0 Å². The maximum Gasteiger partial charge on any atom is 0.109 e. The maximum atomic E-state index is 4.34. The molecule has 2 aliphatic carbocycles. The van der Waals surface area contributed by atoms with Crippen LogP contribution in [-0.4, -0.2) is 22.6 Å². The highest BCUT2D eigenvalue weighted by molar-refractivity contribution is 5.05. The van der Waals surface area contributed by atoms with Gasteiger partial charge < -0.3 is 9.88 Å². The molecule has 0 bridgehead atoms.